The summed E-state index contributed by atoms with van der Waals surface area (Å²) in [5.41, 5.74) is 1.46. The maximum absolute atomic E-state index is 12.7. The molecule has 4 fully saturated rings. The maximum atomic E-state index is 12.7. The molecule has 0 N–H and O–H groups in total. The highest BCUT2D eigenvalue weighted by Gasteiger charge is 2.55. The van der Waals surface area contributed by atoms with Gasteiger partial charge in [-0.3, -0.25) is 4.79 Å². The van der Waals surface area contributed by atoms with Crippen molar-refractivity contribution in [1.82, 2.24) is 0 Å². The molecule has 136 valence electrons. The summed E-state index contributed by atoms with van der Waals surface area (Å²) in [6.07, 6.45) is 9.77. The fraction of sp³-hybridized carbons (Fsp3) is 0.682. The van der Waals surface area contributed by atoms with E-state index in [-0.39, 0.29) is 17.3 Å². The molecule has 5 rings (SSSR count). The van der Waals surface area contributed by atoms with E-state index in [1.54, 1.807) is 14.2 Å². The predicted octanol–water partition coefficient (Wildman–Crippen LogP) is 4.63. The van der Waals surface area contributed by atoms with Gasteiger partial charge in [-0.05, 0) is 92.2 Å². The van der Waals surface area contributed by atoms with Crippen molar-refractivity contribution in [2.75, 3.05) is 14.2 Å². The Labute approximate surface area is 151 Å². The Bertz CT molecular complexity index is 601. The van der Waals surface area contributed by atoms with Gasteiger partial charge in [0.15, 0.2) is 0 Å². The van der Waals surface area contributed by atoms with Crippen molar-refractivity contribution in [3.8, 4) is 5.75 Å². The van der Waals surface area contributed by atoms with Crippen LogP contribution in [0.4, 0.5) is 0 Å². The second-order valence-electron chi connectivity index (χ2n) is 8.75. The Morgan fingerprint density at radius 1 is 1.12 bits per heavy atom. The zero-order chi connectivity index (χ0) is 17.4. The normalized spacial score (nSPS) is 33.9. The van der Waals surface area contributed by atoms with Gasteiger partial charge in [0.25, 0.3) is 0 Å². The van der Waals surface area contributed by atoms with Gasteiger partial charge in [-0.15, -0.1) is 0 Å². The van der Waals surface area contributed by atoms with Crippen LogP contribution in [-0.4, -0.2) is 20.2 Å². The number of hydrogen-bond acceptors (Lipinski definition) is 3. The standard InChI is InChI=1S/C22H30O3/c1-24-19-5-3-4-15(11-19)6-7-20(21(23)25-2)22-12-16-8-17(13-22)10-18(9-16)14-22/h3-5,11,16-18,20H,6-10,12-14H2,1-2H3. The van der Waals surface area contributed by atoms with Crippen molar-refractivity contribution in [3.05, 3.63) is 29.8 Å². The molecule has 4 aliphatic carbocycles. The molecule has 1 aromatic rings. The number of aryl methyl sites for hydroxylation is 1. The summed E-state index contributed by atoms with van der Waals surface area (Å²) in [5.74, 6) is 3.53. The van der Waals surface area contributed by atoms with E-state index in [1.807, 2.05) is 12.1 Å². The van der Waals surface area contributed by atoms with Crippen LogP contribution in [0.3, 0.4) is 0 Å². The van der Waals surface area contributed by atoms with Crippen molar-refractivity contribution in [1.29, 1.82) is 0 Å². The van der Waals surface area contributed by atoms with Crippen LogP contribution >= 0.6 is 0 Å². The quantitative estimate of drug-likeness (QED) is 0.707. The number of rotatable bonds is 6. The van der Waals surface area contributed by atoms with E-state index in [0.717, 1.165) is 36.3 Å². The molecular weight excluding hydrogens is 312 g/mol. The lowest BCUT2D eigenvalue weighted by Crippen LogP contribution is -2.51. The average Bonchev–Trinajstić information content (AvgIpc) is 2.60. The average molecular weight is 342 g/mol. The van der Waals surface area contributed by atoms with E-state index in [4.69, 9.17) is 9.47 Å². The van der Waals surface area contributed by atoms with Crippen LogP contribution in [0.5, 0.6) is 5.75 Å². The molecule has 1 unspecified atom stereocenters. The van der Waals surface area contributed by atoms with Gasteiger partial charge < -0.3 is 9.47 Å². The first-order valence-electron chi connectivity index (χ1n) is 9.82. The first-order chi connectivity index (χ1) is 12.1. The minimum Gasteiger partial charge on any atom is -0.497 e. The maximum Gasteiger partial charge on any atom is 0.309 e. The second kappa shape index (κ2) is 6.66. The second-order valence-corrected chi connectivity index (χ2v) is 8.75. The fourth-order valence-electron chi connectivity index (χ4n) is 6.56. The van der Waals surface area contributed by atoms with E-state index >= 15 is 0 Å². The van der Waals surface area contributed by atoms with E-state index in [0.29, 0.717) is 0 Å². The van der Waals surface area contributed by atoms with Gasteiger partial charge in [0.1, 0.15) is 5.75 Å². The van der Waals surface area contributed by atoms with E-state index < -0.39 is 0 Å². The number of carbonyl (C=O) groups excluding carboxylic acids is 1. The lowest BCUT2D eigenvalue weighted by molar-refractivity contribution is -0.161. The van der Waals surface area contributed by atoms with Crippen LogP contribution in [0.1, 0.15) is 50.5 Å². The zero-order valence-electron chi connectivity index (χ0n) is 15.5. The van der Waals surface area contributed by atoms with Gasteiger partial charge >= 0.3 is 5.97 Å². The third-order valence-corrected chi connectivity index (χ3v) is 7.17. The number of esters is 1. The third kappa shape index (κ3) is 3.18. The largest absolute Gasteiger partial charge is 0.497 e. The van der Waals surface area contributed by atoms with E-state index in [1.165, 1.54) is 44.1 Å². The summed E-state index contributed by atoms with van der Waals surface area (Å²) in [7, 11) is 3.26. The van der Waals surface area contributed by atoms with Crippen LogP contribution in [0.25, 0.3) is 0 Å². The lowest BCUT2D eigenvalue weighted by Gasteiger charge is -2.59. The molecule has 0 radical (unpaired) electrons. The van der Waals surface area contributed by atoms with Crippen molar-refractivity contribution in [2.45, 2.75) is 51.4 Å². The molecule has 4 saturated carbocycles. The molecule has 0 heterocycles. The Hall–Kier alpha value is -1.51. The van der Waals surface area contributed by atoms with Crippen LogP contribution in [-0.2, 0) is 16.0 Å². The lowest BCUT2D eigenvalue weighted by atomic mass is 9.46. The van der Waals surface area contributed by atoms with Crippen molar-refractivity contribution in [2.24, 2.45) is 29.1 Å². The van der Waals surface area contributed by atoms with Gasteiger partial charge in [-0.1, -0.05) is 12.1 Å². The summed E-state index contributed by atoms with van der Waals surface area (Å²) in [6, 6.07) is 8.23. The van der Waals surface area contributed by atoms with Crippen LogP contribution in [0.15, 0.2) is 24.3 Å². The summed E-state index contributed by atoms with van der Waals surface area (Å²) < 4.78 is 10.6. The first kappa shape index (κ1) is 16.9. The molecule has 1 atom stereocenters. The van der Waals surface area contributed by atoms with Crippen LogP contribution in [0, 0.1) is 29.1 Å². The molecule has 1 aromatic carbocycles. The fourth-order valence-corrected chi connectivity index (χ4v) is 6.56. The molecule has 0 spiro atoms. The summed E-state index contributed by atoms with van der Waals surface area (Å²) in [6.45, 7) is 0. The zero-order valence-corrected chi connectivity index (χ0v) is 15.5. The van der Waals surface area contributed by atoms with Gasteiger partial charge in [-0.25, -0.2) is 0 Å². The Balaban J connectivity index is 1.53. The molecule has 0 aliphatic heterocycles. The minimum atomic E-state index is 0.0184. The molecule has 25 heavy (non-hydrogen) atoms. The first-order valence-corrected chi connectivity index (χ1v) is 9.82. The van der Waals surface area contributed by atoms with Gasteiger partial charge in [-0.2, -0.15) is 0 Å². The van der Waals surface area contributed by atoms with Crippen molar-refractivity contribution < 1.29 is 14.3 Å². The van der Waals surface area contributed by atoms with Gasteiger partial charge in [0.05, 0.1) is 20.1 Å². The summed E-state index contributed by atoms with van der Waals surface area (Å²) in [4.78, 5) is 12.7. The molecule has 0 amide bonds. The highest BCUT2D eigenvalue weighted by Crippen LogP contribution is 2.63. The van der Waals surface area contributed by atoms with Crippen LogP contribution < -0.4 is 4.74 Å². The number of methoxy groups -OCH3 is 2. The predicted molar refractivity (Wildman–Crippen MR) is 97.4 cm³/mol. The van der Waals surface area contributed by atoms with Crippen molar-refractivity contribution >= 4 is 5.97 Å². The SMILES string of the molecule is COC(=O)C(CCc1cccc(OC)c1)C12CC3CC(CC(C3)C1)C2. The van der Waals surface area contributed by atoms with E-state index in [9.17, 15) is 4.79 Å². The Morgan fingerprint density at radius 3 is 2.32 bits per heavy atom. The Kier molecular flexibility index (Phi) is 4.51. The smallest absolute Gasteiger partial charge is 0.309 e. The Morgan fingerprint density at radius 2 is 1.76 bits per heavy atom. The number of ether oxygens (including phenoxy) is 2. The summed E-state index contributed by atoms with van der Waals surface area (Å²) >= 11 is 0. The number of benzene rings is 1. The highest BCUT2D eigenvalue weighted by atomic mass is 16.5. The van der Waals surface area contributed by atoms with Crippen LogP contribution in [0.2, 0.25) is 0 Å². The molecule has 3 nitrogen and oxygen atoms in total. The van der Waals surface area contributed by atoms with Crippen molar-refractivity contribution in [3.63, 3.8) is 0 Å². The topological polar surface area (TPSA) is 35.5 Å². The molecule has 4 bridgehead atoms. The number of hydrogen-bond donors (Lipinski definition) is 0. The van der Waals surface area contributed by atoms with Gasteiger partial charge in [0.2, 0.25) is 0 Å². The molecule has 4 aliphatic rings. The minimum absolute atomic E-state index is 0.0184. The van der Waals surface area contributed by atoms with Gasteiger partial charge in [0, 0.05) is 0 Å². The van der Waals surface area contributed by atoms with E-state index in [2.05, 4.69) is 12.1 Å². The molecule has 3 heteroatoms. The highest BCUT2D eigenvalue weighted by molar-refractivity contribution is 5.73. The molecular formula is C22H30O3. The number of carbonyl (C=O) groups is 1. The summed E-state index contributed by atoms with van der Waals surface area (Å²) in [5, 5.41) is 0. The molecule has 0 aromatic heterocycles. The molecule has 0 saturated heterocycles. The third-order valence-electron chi connectivity index (χ3n) is 7.17. The monoisotopic (exact) mass is 342 g/mol.